The van der Waals surface area contributed by atoms with Crippen LogP contribution in [0.25, 0.3) is 0 Å². The highest BCUT2D eigenvalue weighted by molar-refractivity contribution is 5.76. The fourth-order valence-electron chi connectivity index (χ4n) is 3.68. The number of fused-ring (bicyclic) bond motifs is 1. The summed E-state index contributed by atoms with van der Waals surface area (Å²) in [5, 5.41) is 12.0. The summed E-state index contributed by atoms with van der Waals surface area (Å²) in [6, 6.07) is 0.278. The molecule has 0 saturated carbocycles. The van der Waals surface area contributed by atoms with Gasteiger partial charge in [0.15, 0.2) is 0 Å². The smallest absolute Gasteiger partial charge is 0.317 e. The second-order valence-electron chi connectivity index (χ2n) is 6.18. The maximum atomic E-state index is 12.4. The van der Waals surface area contributed by atoms with Crippen molar-refractivity contribution in [3.63, 3.8) is 0 Å². The number of rotatable bonds is 5. The van der Waals surface area contributed by atoms with Crippen molar-refractivity contribution < 1.29 is 14.7 Å². The van der Waals surface area contributed by atoms with Crippen LogP contribution in [0.5, 0.6) is 0 Å². The minimum atomic E-state index is -0.868. The van der Waals surface area contributed by atoms with E-state index in [1.165, 1.54) is 12.8 Å². The van der Waals surface area contributed by atoms with Gasteiger partial charge in [-0.25, -0.2) is 4.79 Å². The van der Waals surface area contributed by atoms with E-state index in [1.807, 2.05) is 6.92 Å². The van der Waals surface area contributed by atoms with Crippen molar-refractivity contribution in [1.29, 1.82) is 0 Å². The van der Waals surface area contributed by atoms with Gasteiger partial charge in [0.25, 0.3) is 0 Å². The first kappa shape index (κ1) is 16.1. The first-order valence-electron chi connectivity index (χ1n) is 8.06. The number of urea groups is 1. The number of hydrogen-bond acceptors (Lipinski definition) is 3. The van der Waals surface area contributed by atoms with Crippen LogP contribution in [-0.4, -0.2) is 64.7 Å². The molecule has 120 valence electrons. The molecule has 0 bridgehead atoms. The van der Waals surface area contributed by atoms with E-state index >= 15 is 0 Å². The Balaban J connectivity index is 1.91. The van der Waals surface area contributed by atoms with Crippen LogP contribution < -0.4 is 5.32 Å². The van der Waals surface area contributed by atoms with Crippen molar-refractivity contribution in [3.8, 4) is 0 Å². The van der Waals surface area contributed by atoms with Crippen LogP contribution in [-0.2, 0) is 4.79 Å². The Morgan fingerprint density at radius 2 is 2.10 bits per heavy atom. The second-order valence-corrected chi connectivity index (χ2v) is 6.18. The lowest BCUT2D eigenvalue weighted by Gasteiger charge is -2.34. The molecule has 6 nitrogen and oxygen atoms in total. The topological polar surface area (TPSA) is 72.9 Å². The SMILES string of the molecule is CCN(C(=O)NC1CCN2CCCCC12)C(C)CC(=O)O. The van der Waals surface area contributed by atoms with Crippen LogP contribution in [0.4, 0.5) is 4.79 Å². The van der Waals surface area contributed by atoms with E-state index in [2.05, 4.69) is 10.2 Å². The van der Waals surface area contributed by atoms with Gasteiger partial charge < -0.3 is 15.3 Å². The summed E-state index contributed by atoms with van der Waals surface area (Å²) in [6.07, 6.45) is 4.64. The van der Waals surface area contributed by atoms with Crippen LogP contribution in [0.15, 0.2) is 0 Å². The van der Waals surface area contributed by atoms with Crippen LogP contribution >= 0.6 is 0 Å². The number of nitrogens with one attached hydrogen (secondary N) is 1. The Morgan fingerprint density at radius 3 is 2.76 bits per heavy atom. The van der Waals surface area contributed by atoms with Gasteiger partial charge in [-0.05, 0) is 39.7 Å². The normalized spacial score (nSPS) is 27.0. The van der Waals surface area contributed by atoms with Crippen molar-refractivity contribution >= 4 is 12.0 Å². The van der Waals surface area contributed by atoms with Crippen LogP contribution in [0.3, 0.4) is 0 Å². The zero-order valence-corrected chi connectivity index (χ0v) is 13.0. The summed E-state index contributed by atoms with van der Waals surface area (Å²) in [5.41, 5.74) is 0. The summed E-state index contributed by atoms with van der Waals surface area (Å²) >= 11 is 0. The van der Waals surface area contributed by atoms with Crippen molar-refractivity contribution in [2.75, 3.05) is 19.6 Å². The molecule has 0 aromatic heterocycles. The lowest BCUT2D eigenvalue weighted by molar-refractivity contribution is -0.138. The van der Waals surface area contributed by atoms with Crippen molar-refractivity contribution in [2.45, 2.75) is 64.1 Å². The van der Waals surface area contributed by atoms with Gasteiger partial charge in [-0.2, -0.15) is 0 Å². The molecule has 2 heterocycles. The van der Waals surface area contributed by atoms with Crippen molar-refractivity contribution in [1.82, 2.24) is 15.1 Å². The highest BCUT2D eigenvalue weighted by Crippen LogP contribution is 2.27. The summed E-state index contributed by atoms with van der Waals surface area (Å²) in [6.45, 7) is 6.41. The van der Waals surface area contributed by atoms with E-state index in [-0.39, 0.29) is 24.5 Å². The quantitative estimate of drug-likeness (QED) is 0.807. The number of nitrogens with zero attached hydrogens (tertiary/aromatic N) is 2. The Labute approximate surface area is 126 Å². The van der Waals surface area contributed by atoms with E-state index in [1.54, 1.807) is 11.8 Å². The standard InChI is InChI=1S/C15H27N3O3/c1-3-18(11(2)10-14(19)20)15(21)16-12-7-9-17-8-5-4-6-13(12)17/h11-13H,3-10H2,1-2H3,(H,16,21)(H,19,20). The molecule has 2 aliphatic rings. The third-order valence-corrected chi connectivity index (χ3v) is 4.77. The third kappa shape index (κ3) is 3.87. The minimum absolute atomic E-state index is 0.0124. The molecule has 2 fully saturated rings. The highest BCUT2D eigenvalue weighted by atomic mass is 16.4. The summed E-state index contributed by atoms with van der Waals surface area (Å²) in [4.78, 5) is 27.4. The van der Waals surface area contributed by atoms with Crippen LogP contribution in [0.1, 0.15) is 46.0 Å². The zero-order chi connectivity index (χ0) is 15.4. The molecule has 2 rings (SSSR count). The molecular formula is C15H27N3O3. The summed E-state index contributed by atoms with van der Waals surface area (Å²) in [7, 11) is 0. The van der Waals surface area contributed by atoms with Gasteiger partial charge in [-0.1, -0.05) is 6.42 Å². The molecule has 2 N–H and O–H groups in total. The number of aliphatic carboxylic acids is 1. The Morgan fingerprint density at radius 1 is 1.33 bits per heavy atom. The van der Waals surface area contributed by atoms with E-state index in [9.17, 15) is 9.59 Å². The zero-order valence-electron chi connectivity index (χ0n) is 13.0. The molecule has 2 amide bonds. The van der Waals surface area contributed by atoms with E-state index in [0.29, 0.717) is 12.6 Å². The summed E-state index contributed by atoms with van der Waals surface area (Å²) < 4.78 is 0. The fraction of sp³-hybridized carbons (Fsp3) is 0.867. The first-order chi connectivity index (χ1) is 10.0. The Kier molecular flexibility index (Phi) is 5.45. The lowest BCUT2D eigenvalue weighted by Crippen LogP contribution is -2.52. The number of carboxylic acid groups (broad SMARTS) is 1. The van der Waals surface area contributed by atoms with Gasteiger partial charge >= 0.3 is 12.0 Å². The molecule has 0 aromatic carbocycles. The highest BCUT2D eigenvalue weighted by Gasteiger charge is 2.37. The number of amides is 2. The molecule has 0 aliphatic carbocycles. The Hall–Kier alpha value is -1.30. The van der Waals surface area contributed by atoms with Crippen molar-refractivity contribution in [3.05, 3.63) is 0 Å². The molecular weight excluding hydrogens is 270 g/mol. The molecule has 2 aliphatic heterocycles. The lowest BCUT2D eigenvalue weighted by atomic mass is 9.99. The number of piperidine rings is 1. The molecule has 0 aromatic rings. The largest absolute Gasteiger partial charge is 0.481 e. The number of carboxylic acids is 1. The monoisotopic (exact) mass is 297 g/mol. The van der Waals surface area contributed by atoms with Gasteiger partial charge in [0.1, 0.15) is 0 Å². The van der Waals surface area contributed by atoms with Gasteiger partial charge in [0, 0.05) is 31.2 Å². The van der Waals surface area contributed by atoms with E-state index in [4.69, 9.17) is 5.11 Å². The van der Waals surface area contributed by atoms with E-state index < -0.39 is 5.97 Å². The number of carbonyl (C=O) groups is 2. The average Bonchev–Trinajstić information content (AvgIpc) is 2.82. The second kappa shape index (κ2) is 7.11. The number of hydrogen-bond donors (Lipinski definition) is 2. The molecule has 3 unspecified atom stereocenters. The molecule has 0 radical (unpaired) electrons. The van der Waals surface area contributed by atoms with Gasteiger partial charge in [0.2, 0.25) is 0 Å². The minimum Gasteiger partial charge on any atom is -0.481 e. The maximum Gasteiger partial charge on any atom is 0.317 e. The first-order valence-corrected chi connectivity index (χ1v) is 8.06. The summed E-state index contributed by atoms with van der Waals surface area (Å²) in [5.74, 6) is -0.868. The van der Waals surface area contributed by atoms with Crippen LogP contribution in [0, 0.1) is 0 Å². The molecule has 0 spiro atoms. The van der Waals surface area contributed by atoms with E-state index in [0.717, 1.165) is 25.9 Å². The fourth-order valence-corrected chi connectivity index (χ4v) is 3.68. The van der Waals surface area contributed by atoms with Gasteiger partial charge in [-0.3, -0.25) is 9.69 Å². The van der Waals surface area contributed by atoms with Crippen molar-refractivity contribution in [2.24, 2.45) is 0 Å². The molecule has 3 atom stereocenters. The Bertz CT molecular complexity index is 388. The maximum absolute atomic E-state index is 12.4. The molecule has 2 saturated heterocycles. The average molecular weight is 297 g/mol. The predicted molar refractivity (Wildman–Crippen MR) is 80.2 cm³/mol. The third-order valence-electron chi connectivity index (χ3n) is 4.77. The molecule has 6 heteroatoms. The van der Waals surface area contributed by atoms with Gasteiger partial charge in [0.05, 0.1) is 6.42 Å². The number of carbonyl (C=O) groups excluding carboxylic acids is 1. The molecule has 21 heavy (non-hydrogen) atoms. The van der Waals surface area contributed by atoms with Gasteiger partial charge in [-0.15, -0.1) is 0 Å². The predicted octanol–water partition coefficient (Wildman–Crippen LogP) is 1.51. The van der Waals surface area contributed by atoms with Crippen LogP contribution in [0.2, 0.25) is 0 Å².